The van der Waals surface area contributed by atoms with Gasteiger partial charge in [0.25, 0.3) is 0 Å². The normalized spacial score (nSPS) is 7.83. The van der Waals surface area contributed by atoms with Crippen LogP contribution in [-0.2, 0) is 0 Å². The number of aliphatic hydroxyl groups excluding tert-OH is 2. The molecule has 0 aliphatic rings. The van der Waals surface area contributed by atoms with Crippen LogP contribution in [0.2, 0.25) is 0 Å². The Balaban J connectivity index is 3.32. The van der Waals surface area contributed by atoms with Gasteiger partial charge in [0.05, 0.1) is 0 Å². The van der Waals surface area contributed by atoms with Gasteiger partial charge in [-0.1, -0.05) is 11.8 Å². The molecule has 0 aromatic heterocycles. The standard InChI is InChI=1S/C10H14O2/c11-9-7-5-3-1-2-4-6-8-10-12/h11-12H,5-10H2. The summed E-state index contributed by atoms with van der Waals surface area (Å²) in [5.74, 6) is 11.0. The van der Waals surface area contributed by atoms with E-state index in [1.165, 1.54) is 0 Å². The van der Waals surface area contributed by atoms with E-state index < -0.39 is 0 Å². The van der Waals surface area contributed by atoms with E-state index in [1.54, 1.807) is 0 Å². The Hall–Kier alpha value is -0.960. The lowest BCUT2D eigenvalue weighted by Gasteiger charge is -1.82. The number of hydrogen-bond acceptors (Lipinski definition) is 2. The topological polar surface area (TPSA) is 40.5 Å². The fraction of sp³-hybridized carbons (Fsp3) is 0.600. The average Bonchev–Trinajstić information content (AvgIpc) is 2.10. The fourth-order valence-corrected chi connectivity index (χ4v) is 0.548. The first kappa shape index (κ1) is 11.0. The first-order valence-electron chi connectivity index (χ1n) is 4.09. The van der Waals surface area contributed by atoms with Crippen molar-refractivity contribution in [2.24, 2.45) is 0 Å². The van der Waals surface area contributed by atoms with Gasteiger partial charge in [0, 0.05) is 26.1 Å². The Labute approximate surface area is 73.6 Å². The Morgan fingerprint density at radius 1 is 0.750 bits per heavy atom. The molecule has 0 radical (unpaired) electrons. The third-order valence-electron chi connectivity index (χ3n) is 1.16. The Morgan fingerprint density at radius 2 is 1.17 bits per heavy atom. The van der Waals surface area contributed by atoms with Crippen LogP contribution >= 0.6 is 0 Å². The minimum Gasteiger partial charge on any atom is -0.396 e. The largest absolute Gasteiger partial charge is 0.396 e. The van der Waals surface area contributed by atoms with Crippen molar-refractivity contribution in [3.05, 3.63) is 0 Å². The summed E-state index contributed by atoms with van der Waals surface area (Å²) in [4.78, 5) is 0. The van der Waals surface area contributed by atoms with Crippen molar-refractivity contribution in [3.8, 4) is 23.7 Å². The third kappa shape index (κ3) is 9.04. The van der Waals surface area contributed by atoms with Crippen molar-refractivity contribution in [1.29, 1.82) is 0 Å². The number of unbranched alkanes of at least 4 members (excludes halogenated alkanes) is 2. The molecule has 0 bridgehead atoms. The monoisotopic (exact) mass is 166 g/mol. The van der Waals surface area contributed by atoms with Gasteiger partial charge in [-0.2, -0.15) is 0 Å². The second kappa shape index (κ2) is 10.0. The zero-order valence-corrected chi connectivity index (χ0v) is 7.14. The van der Waals surface area contributed by atoms with Crippen molar-refractivity contribution in [3.63, 3.8) is 0 Å². The molecule has 0 heterocycles. The molecular formula is C10H14O2. The molecule has 0 atom stereocenters. The predicted molar refractivity (Wildman–Crippen MR) is 48.2 cm³/mol. The fourth-order valence-electron chi connectivity index (χ4n) is 0.548. The number of aliphatic hydroxyl groups is 2. The highest BCUT2D eigenvalue weighted by molar-refractivity contribution is 5.25. The minimum atomic E-state index is 0.187. The van der Waals surface area contributed by atoms with Crippen molar-refractivity contribution in [2.45, 2.75) is 25.7 Å². The molecule has 0 fully saturated rings. The second-order valence-electron chi connectivity index (χ2n) is 2.26. The molecule has 0 saturated carbocycles. The lowest BCUT2D eigenvalue weighted by molar-refractivity contribution is 0.290. The molecule has 0 spiro atoms. The van der Waals surface area contributed by atoms with E-state index in [1.807, 2.05) is 0 Å². The van der Waals surface area contributed by atoms with Crippen molar-refractivity contribution < 1.29 is 10.2 Å². The molecule has 2 N–H and O–H groups in total. The highest BCUT2D eigenvalue weighted by atomic mass is 16.3. The van der Waals surface area contributed by atoms with Gasteiger partial charge in [-0.05, 0) is 24.7 Å². The zero-order valence-electron chi connectivity index (χ0n) is 7.14. The van der Waals surface area contributed by atoms with Crippen LogP contribution in [0.4, 0.5) is 0 Å². The summed E-state index contributed by atoms with van der Waals surface area (Å²) in [6.07, 6.45) is 2.83. The first-order valence-corrected chi connectivity index (χ1v) is 4.09. The lowest BCUT2D eigenvalue weighted by atomic mass is 10.3. The maximum Gasteiger partial charge on any atom is 0.0440 e. The van der Waals surface area contributed by atoms with Gasteiger partial charge in [0.2, 0.25) is 0 Å². The SMILES string of the molecule is OCCCC#CC#CCCCO. The summed E-state index contributed by atoms with van der Waals surface area (Å²) in [7, 11) is 0. The van der Waals surface area contributed by atoms with E-state index in [0.29, 0.717) is 25.7 Å². The van der Waals surface area contributed by atoms with Crippen LogP contribution in [0.25, 0.3) is 0 Å². The highest BCUT2D eigenvalue weighted by Gasteiger charge is 1.76. The highest BCUT2D eigenvalue weighted by Crippen LogP contribution is 1.83. The van der Waals surface area contributed by atoms with Crippen LogP contribution in [-0.4, -0.2) is 23.4 Å². The molecule has 0 amide bonds. The number of rotatable bonds is 4. The minimum absolute atomic E-state index is 0.187. The van der Waals surface area contributed by atoms with Gasteiger partial charge in [-0.3, -0.25) is 0 Å². The smallest absolute Gasteiger partial charge is 0.0440 e. The predicted octanol–water partition coefficient (Wildman–Crippen LogP) is 0.538. The summed E-state index contributed by atoms with van der Waals surface area (Å²) >= 11 is 0. The third-order valence-corrected chi connectivity index (χ3v) is 1.16. The van der Waals surface area contributed by atoms with E-state index in [0.717, 1.165) is 0 Å². The van der Waals surface area contributed by atoms with E-state index in [9.17, 15) is 0 Å². The molecule has 2 heteroatoms. The molecule has 66 valence electrons. The van der Waals surface area contributed by atoms with Crippen LogP contribution in [0.5, 0.6) is 0 Å². The Kier molecular flexibility index (Phi) is 9.24. The van der Waals surface area contributed by atoms with Gasteiger partial charge < -0.3 is 10.2 Å². The van der Waals surface area contributed by atoms with Crippen LogP contribution in [0.3, 0.4) is 0 Å². The molecule has 0 saturated heterocycles. The molecular weight excluding hydrogens is 152 g/mol. The molecule has 2 nitrogen and oxygen atoms in total. The van der Waals surface area contributed by atoms with Gasteiger partial charge in [0.15, 0.2) is 0 Å². The zero-order chi connectivity index (χ0) is 9.07. The summed E-state index contributed by atoms with van der Waals surface area (Å²) in [5, 5.41) is 16.8. The quantitative estimate of drug-likeness (QED) is 0.472. The van der Waals surface area contributed by atoms with Gasteiger partial charge >= 0.3 is 0 Å². The molecule has 0 aromatic carbocycles. The van der Waals surface area contributed by atoms with Crippen molar-refractivity contribution in [2.75, 3.05) is 13.2 Å². The van der Waals surface area contributed by atoms with Crippen LogP contribution in [0, 0.1) is 23.7 Å². The number of hydrogen-bond donors (Lipinski definition) is 2. The molecule has 12 heavy (non-hydrogen) atoms. The molecule has 0 aliphatic heterocycles. The Bertz CT molecular complexity index is 175. The van der Waals surface area contributed by atoms with Crippen molar-refractivity contribution >= 4 is 0 Å². The molecule has 0 unspecified atom stereocenters. The first-order chi connectivity index (χ1) is 5.91. The maximum absolute atomic E-state index is 8.41. The summed E-state index contributed by atoms with van der Waals surface area (Å²) < 4.78 is 0. The van der Waals surface area contributed by atoms with Gasteiger partial charge in [-0.25, -0.2) is 0 Å². The summed E-state index contributed by atoms with van der Waals surface area (Å²) in [6.45, 7) is 0.374. The second-order valence-corrected chi connectivity index (χ2v) is 2.26. The molecule has 0 aromatic rings. The van der Waals surface area contributed by atoms with E-state index in [-0.39, 0.29) is 13.2 Å². The van der Waals surface area contributed by atoms with Crippen LogP contribution in [0.15, 0.2) is 0 Å². The average molecular weight is 166 g/mol. The summed E-state index contributed by atoms with van der Waals surface area (Å²) in [5.41, 5.74) is 0. The maximum atomic E-state index is 8.41. The van der Waals surface area contributed by atoms with Gasteiger partial charge in [0.1, 0.15) is 0 Å². The Morgan fingerprint density at radius 3 is 1.50 bits per heavy atom. The van der Waals surface area contributed by atoms with E-state index in [4.69, 9.17) is 10.2 Å². The molecule has 0 rings (SSSR count). The van der Waals surface area contributed by atoms with E-state index >= 15 is 0 Å². The van der Waals surface area contributed by atoms with Crippen molar-refractivity contribution in [1.82, 2.24) is 0 Å². The van der Waals surface area contributed by atoms with Crippen LogP contribution in [0.1, 0.15) is 25.7 Å². The molecule has 0 aliphatic carbocycles. The van der Waals surface area contributed by atoms with Gasteiger partial charge in [-0.15, -0.1) is 0 Å². The lowest BCUT2D eigenvalue weighted by Crippen LogP contribution is -1.78. The van der Waals surface area contributed by atoms with Crippen LogP contribution < -0.4 is 0 Å². The summed E-state index contributed by atoms with van der Waals surface area (Å²) in [6, 6.07) is 0. The van der Waals surface area contributed by atoms with E-state index in [2.05, 4.69) is 23.7 Å².